The van der Waals surface area contributed by atoms with Crippen molar-refractivity contribution in [1.29, 1.82) is 0 Å². The molecule has 1 aliphatic rings. The van der Waals surface area contributed by atoms with Crippen LogP contribution in [0.5, 0.6) is 0 Å². The lowest BCUT2D eigenvalue weighted by atomic mass is 10.1. The SMILES string of the molecule is Cc1cc(N)cc(C(=O)NCC2CC2)c1. The van der Waals surface area contributed by atoms with Crippen LogP contribution < -0.4 is 11.1 Å². The number of hydrogen-bond donors (Lipinski definition) is 2. The second kappa shape index (κ2) is 3.93. The molecule has 3 nitrogen and oxygen atoms in total. The van der Waals surface area contributed by atoms with E-state index in [0.717, 1.165) is 12.1 Å². The summed E-state index contributed by atoms with van der Waals surface area (Å²) in [5.74, 6) is 0.688. The summed E-state index contributed by atoms with van der Waals surface area (Å²) in [5.41, 5.74) is 8.01. The Balaban J connectivity index is 2.02. The summed E-state index contributed by atoms with van der Waals surface area (Å²) in [6.45, 7) is 2.74. The number of nitrogen functional groups attached to an aromatic ring is 1. The van der Waals surface area contributed by atoms with E-state index in [4.69, 9.17) is 5.73 Å². The van der Waals surface area contributed by atoms with Crippen LogP contribution in [0.1, 0.15) is 28.8 Å². The first-order chi connectivity index (χ1) is 7.15. The molecule has 3 heteroatoms. The van der Waals surface area contributed by atoms with Crippen molar-refractivity contribution in [1.82, 2.24) is 5.32 Å². The van der Waals surface area contributed by atoms with Gasteiger partial charge in [0.05, 0.1) is 0 Å². The van der Waals surface area contributed by atoms with Crippen molar-refractivity contribution in [3.63, 3.8) is 0 Å². The van der Waals surface area contributed by atoms with Gasteiger partial charge in [-0.15, -0.1) is 0 Å². The predicted molar refractivity (Wildman–Crippen MR) is 60.6 cm³/mol. The van der Waals surface area contributed by atoms with Crippen LogP contribution in [0.3, 0.4) is 0 Å². The summed E-state index contributed by atoms with van der Waals surface area (Å²) >= 11 is 0. The summed E-state index contributed by atoms with van der Waals surface area (Å²) in [7, 11) is 0. The number of hydrogen-bond acceptors (Lipinski definition) is 2. The maximum Gasteiger partial charge on any atom is 0.251 e. The van der Waals surface area contributed by atoms with Crippen LogP contribution in [-0.4, -0.2) is 12.5 Å². The lowest BCUT2D eigenvalue weighted by Gasteiger charge is -2.06. The Hall–Kier alpha value is -1.51. The minimum atomic E-state index is -0.0164. The normalized spacial score (nSPS) is 15.0. The molecule has 1 fully saturated rings. The Labute approximate surface area is 89.7 Å². The smallest absolute Gasteiger partial charge is 0.251 e. The van der Waals surface area contributed by atoms with Crippen molar-refractivity contribution in [2.45, 2.75) is 19.8 Å². The number of carbonyl (C=O) groups excluding carboxylic acids is 1. The summed E-state index contributed by atoms with van der Waals surface area (Å²) in [6.07, 6.45) is 2.49. The highest BCUT2D eigenvalue weighted by molar-refractivity contribution is 5.95. The van der Waals surface area contributed by atoms with E-state index in [1.807, 2.05) is 19.1 Å². The summed E-state index contributed by atoms with van der Waals surface area (Å²) in [6, 6.07) is 5.44. The lowest BCUT2D eigenvalue weighted by Crippen LogP contribution is -2.25. The Kier molecular flexibility index (Phi) is 2.62. The number of anilines is 1. The first kappa shape index (κ1) is 10.0. The first-order valence-corrected chi connectivity index (χ1v) is 5.30. The van der Waals surface area contributed by atoms with E-state index in [-0.39, 0.29) is 5.91 Å². The van der Waals surface area contributed by atoms with Crippen molar-refractivity contribution in [3.05, 3.63) is 29.3 Å². The fraction of sp³-hybridized carbons (Fsp3) is 0.417. The molecule has 3 N–H and O–H groups in total. The number of nitrogens with two attached hydrogens (primary N) is 1. The van der Waals surface area contributed by atoms with Gasteiger partial charge in [0.25, 0.3) is 5.91 Å². The molecule has 0 radical (unpaired) electrons. The Morgan fingerprint density at radius 2 is 2.20 bits per heavy atom. The lowest BCUT2D eigenvalue weighted by molar-refractivity contribution is 0.0952. The third-order valence-electron chi connectivity index (χ3n) is 2.61. The minimum Gasteiger partial charge on any atom is -0.399 e. The fourth-order valence-corrected chi connectivity index (χ4v) is 1.60. The van der Waals surface area contributed by atoms with Gasteiger partial charge in [-0.05, 0) is 49.4 Å². The van der Waals surface area contributed by atoms with Crippen LogP contribution in [0, 0.1) is 12.8 Å². The fourth-order valence-electron chi connectivity index (χ4n) is 1.60. The molecule has 1 aromatic rings. The summed E-state index contributed by atoms with van der Waals surface area (Å²) in [4.78, 5) is 11.7. The Morgan fingerprint density at radius 3 is 2.80 bits per heavy atom. The molecular formula is C12H16N2O. The molecule has 0 aliphatic heterocycles. The van der Waals surface area contributed by atoms with E-state index in [1.54, 1.807) is 6.07 Å². The molecule has 0 saturated heterocycles. The van der Waals surface area contributed by atoms with Gasteiger partial charge in [-0.2, -0.15) is 0 Å². The zero-order chi connectivity index (χ0) is 10.8. The molecule has 0 heterocycles. The van der Waals surface area contributed by atoms with Crippen LogP contribution >= 0.6 is 0 Å². The molecule has 1 aromatic carbocycles. The van der Waals surface area contributed by atoms with Crippen LogP contribution in [0.25, 0.3) is 0 Å². The average molecular weight is 204 g/mol. The molecule has 0 spiro atoms. The average Bonchev–Trinajstić information content (AvgIpc) is 2.96. The molecule has 0 unspecified atom stereocenters. The molecule has 0 bridgehead atoms. The van der Waals surface area contributed by atoms with Gasteiger partial charge in [0.2, 0.25) is 0 Å². The first-order valence-electron chi connectivity index (χ1n) is 5.30. The van der Waals surface area contributed by atoms with Crippen molar-refractivity contribution in [2.75, 3.05) is 12.3 Å². The molecule has 1 saturated carbocycles. The summed E-state index contributed by atoms with van der Waals surface area (Å²) in [5, 5.41) is 2.92. The van der Waals surface area contributed by atoms with E-state index in [0.29, 0.717) is 17.2 Å². The van der Waals surface area contributed by atoms with Crippen molar-refractivity contribution in [3.8, 4) is 0 Å². The number of carbonyl (C=O) groups is 1. The van der Waals surface area contributed by atoms with Gasteiger partial charge < -0.3 is 11.1 Å². The van der Waals surface area contributed by atoms with E-state index in [1.165, 1.54) is 12.8 Å². The highest BCUT2D eigenvalue weighted by Gasteiger charge is 2.21. The zero-order valence-corrected chi connectivity index (χ0v) is 8.92. The van der Waals surface area contributed by atoms with Gasteiger partial charge in [0.1, 0.15) is 0 Å². The molecule has 2 rings (SSSR count). The van der Waals surface area contributed by atoms with Crippen LogP contribution in [-0.2, 0) is 0 Å². The molecule has 80 valence electrons. The Morgan fingerprint density at radius 1 is 1.47 bits per heavy atom. The maximum atomic E-state index is 11.7. The van der Waals surface area contributed by atoms with E-state index >= 15 is 0 Å². The third kappa shape index (κ3) is 2.72. The van der Waals surface area contributed by atoms with Crippen LogP contribution in [0.2, 0.25) is 0 Å². The molecule has 0 aromatic heterocycles. The van der Waals surface area contributed by atoms with Gasteiger partial charge >= 0.3 is 0 Å². The standard InChI is InChI=1S/C12H16N2O/c1-8-4-10(6-11(13)5-8)12(15)14-7-9-2-3-9/h4-6,9H,2-3,7,13H2,1H3,(H,14,15). The summed E-state index contributed by atoms with van der Waals surface area (Å²) < 4.78 is 0. The second-order valence-corrected chi connectivity index (χ2v) is 4.29. The van der Waals surface area contributed by atoms with Gasteiger partial charge in [-0.25, -0.2) is 0 Å². The van der Waals surface area contributed by atoms with Crippen molar-refractivity contribution >= 4 is 11.6 Å². The van der Waals surface area contributed by atoms with Gasteiger partial charge in [-0.3, -0.25) is 4.79 Å². The number of aryl methyl sites for hydroxylation is 1. The van der Waals surface area contributed by atoms with Gasteiger partial charge in [0.15, 0.2) is 0 Å². The molecular weight excluding hydrogens is 188 g/mol. The van der Waals surface area contributed by atoms with E-state index in [2.05, 4.69) is 5.32 Å². The molecule has 1 aliphatic carbocycles. The largest absolute Gasteiger partial charge is 0.399 e. The minimum absolute atomic E-state index is 0.0164. The number of nitrogens with one attached hydrogen (secondary N) is 1. The van der Waals surface area contributed by atoms with Crippen LogP contribution in [0.15, 0.2) is 18.2 Å². The number of rotatable bonds is 3. The van der Waals surface area contributed by atoms with Crippen molar-refractivity contribution in [2.24, 2.45) is 5.92 Å². The van der Waals surface area contributed by atoms with Crippen LogP contribution in [0.4, 0.5) is 5.69 Å². The van der Waals surface area contributed by atoms with E-state index in [9.17, 15) is 4.79 Å². The zero-order valence-electron chi connectivity index (χ0n) is 8.92. The van der Waals surface area contributed by atoms with Gasteiger partial charge in [0, 0.05) is 17.8 Å². The topological polar surface area (TPSA) is 55.1 Å². The monoisotopic (exact) mass is 204 g/mol. The molecule has 1 amide bonds. The quantitative estimate of drug-likeness (QED) is 0.736. The third-order valence-corrected chi connectivity index (χ3v) is 2.61. The predicted octanol–water partition coefficient (Wildman–Crippen LogP) is 1.72. The second-order valence-electron chi connectivity index (χ2n) is 4.29. The maximum absolute atomic E-state index is 11.7. The number of benzene rings is 1. The molecule has 0 atom stereocenters. The molecule has 15 heavy (non-hydrogen) atoms. The highest BCUT2D eigenvalue weighted by Crippen LogP contribution is 2.27. The Bertz CT molecular complexity index is 363. The van der Waals surface area contributed by atoms with E-state index < -0.39 is 0 Å². The van der Waals surface area contributed by atoms with Crippen molar-refractivity contribution < 1.29 is 4.79 Å². The van der Waals surface area contributed by atoms with Gasteiger partial charge in [-0.1, -0.05) is 0 Å². The number of amides is 1. The highest BCUT2D eigenvalue weighted by atomic mass is 16.1.